The maximum absolute atomic E-state index is 5.89. The van der Waals surface area contributed by atoms with Gasteiger partial charge in [0.2, 0.25) is 0 Å². The molecule has 1 aromatic carbocycles. The largest absolute Gasteiger partial charge is 0.493 e. The zero-order valence-corrected chi connectivity index (χ0v) is 16.4. The van der Waals surface area contributed by atoms with Crippen LogP contribution in [0.1, 0.15) is 33.3 Å². The summed E-state index contributed by atoms with van der Waals surface area (Å²) in [4.78, 5) is 6.91. The first-order chi connectivity index (χ1) is 12.2. The summed E-state index contributed by atoms with van der Waals surface area (Å²) in [6.45, 7) is 14.3. The number of hydrogen-bond acceptors (Lipinski definition) is 4. The highest BCUT2D eigenvalue weighted by molar-refractivity contribution is 5.79. The summed E-state index contributed by atoms with van der Waals surface area (Å²) < 4.78 is 11.4. The Kier molecular flexibility index (Phi) is 10.5. The van der Waals surface area contributed by atoms with Gasteiger partial charge in [-0.3, -0.25) is 0 Å². The number of nitrogens with one attached hydrogen (secondary N) is 2. The van der Waals surface area contributed by atoms with Crippen LogP contribution in [0.5, 0.6) is 11.5 Å². The molecule has 1 aromatic rings. The van der Waals surface area contributed by atoms with Crippen molar-refractivity contribution < 1.29 is 9.47 Å². The van der Waals surface area contributed by atoms with Crippen molar-refractivity contribution in [3.63, 3.8) is 0 Å². The van der Waals surface area contributed by atoms with Crippen LogP contribution in [-0.4, -0.2) is 57.3 Å². The molecule has 2 N–H and O–H groups in total. The van der Waals surface area contributed by atoms with Crippen LogP contribution in [-0.2, 0) is 6.54 Å². The lowest BCUT2D eigenvalue weighted by molar-refractivity contribution is 0.217. The fraction of sp³-hybridized carbons (Fsp3) is 0.632. The minimum Gasteiger partial charge on any atom is -0.493 e. The third-order valence-electron chi connectivity index (χ3n) is 3.90. The van der Waals surface area contributed by atoms with Crippen LogP contribution in [0.2, 0.25) is 0 Å². The first-order valence-electron chi connectivity index (χ1n) is 9.22. The van der Waals surface area contributed by atoms with E-state index in [9.17, 15) is 0 Å². The van der Waals surface area contributed by atoms with Crippen LogP contribution in [0.25, 0.3) is 0 Å². The van der Waals surface area contributed by atoms with Crippen molar-refractivity contribution in [1.82, 2.24) is 15.5 Å². The lowest BCUT2D eigenvalue weighted by Crippen LogP contribution is -2.36. The van der Waals surface area contributed by atoms with Gasteiger partial charge >= 0.3 is 0 Å². The van der Waals surface area contributed by atoms with E-state index in [-0.39, 0.29) is 0 Å². The molecule has 0 amide bonds. The molecule has 0 aromatic heterocycles. The molecule has 0 spiro atoms. The minimum atomic E-state index is 0.589. The van der Waals surface area contributed by atoms with E-state index in [0.717, 1.165) is 55.7 Å². The fourth-order valence-corrected chi connectivity index (χ4v) is 2.43. The van der Waals surface area contributed by atoms with Crippen molar-refractivity contribution in [1.29, 1.82) is 0 Å². The van der Waals surface area contributed by atoms with Gasteiger partial charge in [0, 0.05) is 19.6 Å². The van der Waals surface area contributed by atoms with Crippen LogP contribution < -0.4 is 20.1 Å². The molecule has 0 aliphatic rings. The molecule has 1 rings (SSSR count). The number of benzene rings is 1. The Balaban J connectivity index is 2.69. The standard InChI is InChI=1S/C19H34N4O2/c1-6-20-19(21-7-2)22-15-16-10-11-17(18(14-16)24-5)25-13-12-23(8-3)9-4/h10-11,14H,6-9,12-13,15H2,1-5H3,(H2,20,21,22). The topological polar surface area (TPSA) is 58.1 Å². The summed E-state index contributed by atoms with van der Waals surface area (Å²) >= 11 is 0. The van der Waals surface area contributed by atoms with Gasteiger partial charge in [-0.05, 0) is 44.6 Å². The average molecular weight is 351 g/mol. The molecule has 0 bridgehead atoms. The summed E-state index contributed by atoms with van der Waals surface area (Å²) in [6.07, 6.45) is 0. The molecule has 0 unspecified atom stereocenters. The molecular formula is C19H34N4O2. The van der Waals surface area contributed by atoms with E-state index in [0.29, 0.717) is 13.2 Å². The predicted octanol–water partition coefficient (Wildman–Crippen LogP) is 2.49. The van der Waals surface area contributed by atoms with Crippen LogP contribution >= 0.6 is 0 Å². The first kappa shape index (κ1) is 21.1. The molecule has 142 valence electrons. The number of aliphatic imine (C=N–C) groups is 1. The van der Waals surface area contributed by atoms with Gasteiger partial charge in [0.15, 0.2) is 17.5 Å². The Labute approximate surface area is 152 Å². The fourth-order valence-electron chi connectivity index (χ4n) is 2.43. The summed E-state index contributed by atoms with van der Waals surface area (Å²) in [5.74, 6) is 2.35. The molecule has 0 aliphatic carbocycles. The second kappa shape index (κ2) is 12.4. The highest BCUT2D eigenvalue weighted by atomic mass is 16.5. The lowest BCUT2D eigenvalue weighted by atomic mass is 10.2. The second-order valence-electron chi connectivity index (χ2n) is 5.59. The average Bonchev–Trinajstić information content (AvgIpc) is 2.64. The second-order valence-corrected chi connectivity index (χ2v) is 5.59. The van der Waals surface area contributed by atoms with Gasteiger partial charge in [0.25, 0.3) is 0 Å². The highest BCUT2D eigenvalue weighted by Gasteiger charge is 2.07. The van der Waals surface area contributed by atoms with Crippen LogP contribution in [0.15, 0.2) is 23.2 Å². The molecule has 0 atom stereocenters. The Morgan fingerprint density at radius 1 is 1.04 bits per heavy atom. The monoisotopic (exact) mass is 350 g/mol. The number of ether oxygens (including phenoxy) is 2. The molecule has 0 heterocycles. The third kappa shape index (κ3) is 7.65. The number of nitrogens with zero attached hydrogens (tertiary/aromatic N) is 2. The zero-order chi connectivity index (χ0) is 18.5. The normalized spacial score (nSPS) is 10.5. The number of methoxy groups -OCH3 is 1. The van der Waals surface area contributed by atoms with Crippen molar-refractivity contribution in [2.45, 2.75) is 34.2 Å². The van der Waals surface area contributed by atoms with Crippen molar-refractivity contribution >= 4 is 5.96 Å². The van der Waals surface area contributed by atoms with E-state index in [1.807, 2.05) is 18.2 Å². The van der Waals surface area contributed by atoms with Gasteiger partial charge in [0.1, 0.15) is 6.61 Å². The van der Waals surface area contributed by atoms with E-state index in [2.05, 4.69) is 48.2 Å². The van der Waals surface area contributed by atoms with Gasteiger partial charge in [-0.25, -0.2) is 4.99 Å². The highest BCUT2D eigenvalue weighted by Crippen LogP contribution is 2.28. The number of hydrogen-bond donors (Lipinski definition) is 2. The smallest absolute Gasteiger partial charge is 0.191 e. The van der Waals surface area contributed by atoms with E-state index in [4.69, 9.17) is 9.47 Å². The first-order valence-corrected chi connectivity index (χ1v) is 9.22. The molecule has 0 aliphatic heterocycles. The predicted molar refractivity (Wildman–Crippen MR) is 105 cm³/mol. The minimum absolute atomic E-state index is 0.589. The number of rotatable bonds is 11. The number of likely N-dealkylation sites (N-methyl/N-ethyl adjacent to an activating group) is 1. The maximum Gasteiger partial charge on any atom is 0.191 e. The molecule has 6 heteroatoms. The molecule has 0 saturated heterocycles. The summed E-state index contributed by atoms with van der Waals surface area (Å²) in [6, 6.07) is 5.99. The Morgan fingerprint density at radius 3 is 2.28 bits per heavy atom. The third-order valence-corrected chi connectivity index (χ3v) is 3.90. The van der Waals surface area contributed by atoms with E-state index >= 15 is 0 Å². The van der Waals surface area contributed by atoms with Crippen LogP contribution in [0.4, 0.5) is 0 Å². The number of guanidine groups is 1. The van der Waals surface area contributed by atoms with Crippen molar-refractivity contribution in [2.75, 3.05) is 46.4 Å². The van der Waals surface area contributed by atoms with E-state index in [1.54, 1.807) is 7.11 Å². The molecule has 0 fully saturated rings. The van der Waals surface area contributed by atoms with Crippen molar-refractivity contribution in [3.05, 3.63) is 23.8 Å². The van der Waals surface area contributed by atoms with E-state index in [1.165, 1.54) is 0 Å². The van der Waals surface area contributed by atoms with Crippen LogP contribution in [0.3, 0.4) is 0 Å². The molecular weight excluding hydrogens is 316 g/mol. The van der Waals surface area contributed by atoms with Crippen LogP contribution in [0, 0.1) is 0 Å². The summed E-state index contributed by atoms with van der Waals surface area (Å²) in [7, 11) is 1.67. The van der Waals surface area contributed by atoms with Gasteiger partial charge in [-0.15, -0.1) is 0 Å². The van der Waals surface area contributed by atoms with Gasteiger partial charge in [-0.1, -0.05) is 19.9 Å². The maximum atomic E-state index is 5.89. The Morgan fingerprint density at radius 2 is 1.72 bits per heavy atom. The SMILES string of the molecule is CCNC(=NCc1ccc(OCCN(CC)CC)c(OC)c1)NCC. The summed E-state index contributed by atoms with van der Waals surface area (Å²) in [5.41, 5.74) is 1.08. The molecule has 6 nitrogen and oxygen atoms in total. The Bertz CT molecular complexity index is 508. The summed E-state index contributed by atoms with van der Waals surface area (Å²) in [5, 5.41) is 6.44. The lowest BCUT2D eigenvalue weighted by Gasteiger charge is -2.19. The molecule has 0 radical (unpaired) electrons. The molecule has 0 saturated carbocycles. The molecule has 25 heavy (non-hydrogen) atoms. The Hall–Kier alpha value is -1.95. The zero-order valence-electron chi connectivity index (χ0n) is 16.4. The van der Waals surface area contributed by atoms with Gasteiger partial charge in [0.05, 0.1) is 13.7 Å². The van der Waals surface area contributed by atoms with Crippen molar-refractivity contribution in [2.24, 2.45) is 4.99 Å². The quantitative estimate of drug-likeness (QED) is 0.474. The van der Waals surface area contributed by atoms with Gasteiger partial charge in [-0.2, -0.15) is 0 Å². The van der Waals surface area contributed by atoms with Gasteiger partial charge < -0.3 is 25.0 Å². The van der Waals surface area contributed by atoms with Crippen molar-refractivity contribution in [3.8, 4) is 11.5 Å². The van der Waals surface area contributed by atoms with E-state index < -0.39 is 0 Å².